The van der Waals surface area contributed by atoms with Crippen LogP contribution in [0.5, 0.6) is 0 Å². The first-order valence-corrected chi connectivity index (χ1v) is 12.8. The van der Waals surface area contributed by atoms with Crippen LogP contribution in [-0.2, 0) is 26.2 Å². The molecular weight excluding hydrogens is 516 g/mol. The predicted molar refractivity (Wildman–Crippen MR) is 129 cm³/mol. The SMILES string of the molecule is CCC(C(=O)NC)N(Cc1c(Cl)cccc1Cl)C(=O)CN(c1ccc(F)c(Cl)c1)S(C)(=O)=O. The molecule has 0 fully saturated rings. The summed E-state index contributed by atoms with van der Waals surface area (Å²) in [6, 6.07) is 7.21. The van der Waals surface area contributed by atoms with Gasteiger partial charge in [0.05, 0.1) is 17.0 Å². The predicted octanol–water partition coefficient (Wildman–Crippen LogP) is 4.11. The van der Waals surface area contributed by atoms with Crippen LogP contribution in [0.3, 0.4) is 0 Å². The highest BCUT2D eigenvalue weighted by atomic mass is 35.5. The molecule has 0 heterocycles. The summed E-state index contributed by atoms with van der Waals surface area (Å²) in [7, 11) is -2.54. The Morgan fingerprint density at radius 1 is 1.09 bits per heavy atom. The fourth-order valence-electron chi connectivity index (χ4n) is 3.19. The van der Waals surface area contributed by atoms with E-state index in [4.69, 9.17) is 34.8 Å². The molecular formula is C21H23Cl3FN3O4S. The topological polar surface area (TPSA) is 86.8 Å². The van der Waals surface area contributed by atoms with Crippen LogP contribution >= 0.6 is 34.8 Å². The highest BCUT2D eigenvalue weighted by Crippen LogP contribution is 2.28. The molecule has 1 unspecified atom stereocenters. The number of benzene rings is 2. The van der Waals surface area contributed by atoms with Gasteiger partial charge in [0.25, 0.3) is 0 Å². The van der Waals surface area contributed by atoms with E-state index in [9.17, 15) is 22.4 Å². The van der Waals surface area contributed by atoms with E-state index in [1.54, 1.807) is 25.1 Å². The number of hydrogen-bond donors (Lipinski definition) is 1. The molecule has 2 aromatic rings. The van der Waals surface area contributed by atoms with Gasteiger partial charge in [0, 0.05) is 29.2 Å². The third-order valence-corrected chi connectivity index (χ3v) is 7.03. The number of halogens is 4. The molecule has 1 atom stereocenters. The molecule has 0 saturated carbocycles. The second kappa shape index (κ2) is 11.4. The molecule has 0 aliphatic rings. The van der Waals surface area contributed by atoms with E-state index in [0.29, 0.717) is 5.56 Å². The maximum Gasteiger partial charge on any atom is 0.244 e. The highest BCUT2D eigenvalue weighted by Gasteiger charge is 2.32. The summed E-state index contributed by atoms with van der Waals surface area (Å²) in [6.07, 6.45) is 1.15. The van der Waals surface area contributed by atoms with Crippen molar-refractivity contribution in [3.63, 3.8) is 0 Å². The minimum absolute atomic E-state index is 0.000896. The number of nitrogens with one attached hydrogen (secondary N) is 1. The average molecular weight is 539 g/mol. The lowest BCUT2D eigenvalue weighted by Crippen LogP contribution is -2.51. The van der Waals surface area contributed by atoms with Crippen molar-refractivity contribution in [2.45, 2.75) is 25.9 Å². The van der Waals surface area contributed by atoms with Crippen LogP contribution in [0.15, 0.2) is 36.4 Å². The van der Waals surface area contributed by atoms with Gasteiger partial charge >= 0.3 is 0 Å². The van der Waals surface area contributed by atoms with Gasteiger partial charge in [0.1, 0.15) is 18.4 Å². The van der Waals surface area contributed by atoms with Crippen LogP contribution in [0.2, 0.25) is 15.1 Å². The maximum absolute atomic E-state index is 13.6. The summed E-state index contributed by atoms with van der Waals surface area (Å²) < 4.78 is 39.4. The standard InChI is InChI=1S/C21H23Cl3FN3O4S/c1-4-19(21(30)26-2)27(11-14-15(22)6-5-7-16(14)23)20(29)12-28(33(3,31)32)13-8-9-18(25)17(24)10-13/h5-10,19H,4,11-12H2,1-3H3,(H,26,30). The highest BCUT2D eigenvalue weighted by molar-refractivity contribution is 7.92. The Balaban J connectivity index is 2.51. The number of hydrogen-bond acceptors (Lipinski definition) is 4. The van der Waals surface area contributed by atoms with Crippen LogP contribution < -0.4 is 9.62 Å². The van der Waals surface area contributed by atoms with E-state index in [2.05, 4.69) is 5.32 Å². The fraction of sp³-hybridized carbons (Fsp3) is 0.333. The first-order chi connectivity index (χ1) is 15.4. The molecule has 1 N–H and O–H groups in total. The van der Waals surface area contributed by atoms with Crippen molar-refractivity contribution in [3.05, 3.63) is 62.8 Å². The Hall–Kier alpha value is -2.07. The second-order valence-electron chi connectivity index (χ2n) is 7.13. The smallest absolute Gasteiger partial charge is 0.244 e. The zero-order valence-corrected chi connectivity index (χ0v) is 21.2. The van der Waals surface area contributed by atoms with Gasteiger partial charge in [-0.15, -0.1) is 0 Å². The van der Waals surface area contributed by atoms with Gasteiger partial charge in [-0.05, 0) is 36.8 Å². The van der Waals surface area contributed by atoms with Crippen molar-refractivity contribution in [2.75, 3.05) is 24.2 Å². The Kier molecular flexibility index (Phi) is 9.37. The molecule has 2 amide bonds. The number of sulfonamides is 1. The molecule has 7 nitrogen and oxygen atoms in total. The van der Waals surface area contributed by atoms with Crippen molar-refractivity contribution in [1.29, 1.82) is 0 Å². The van der Waals surface area contributed by atoms with Crippen LogP contribution in [0.1, 0.15) is 18.9 Å². The summed E-state index contributed by atoms with van der Waals surface area (Å²) in [5, 5.41) is 2.78. The largest absolute Gasteiger partial charge is 0.357 e. The molecule has 2 aromatic carbocycles. The van der Waals surface area contributed by atoms with E-state index >= 15 is 0 Å². The molecule has 2 rings (SSSR count). The first-order valence-electron chi connectivity index (χ1n) is 9.77. The maximum atomic E-state index is 13.6. The average Bonchev–Trinajstić information content (AvgIpc) is 2.74. The molecule has 180 valence electrons. The minimum atomic E-state index is -3.97. The molecule has 0 bridgehead atoms. The van der Waals surface area contributed by atoms with Gasteiger partial charge in [-0.3, -0.25) is 13.9 Å². The molecule has 0 aliphatic carbocycles. The van der Waals surface area contributed by atoms with Crippen molar-refractivity contribution >= 4 is 62.3 Å². The number of amides is 2. The summed E-state index contributed by atoms with van der Waals surface area (Å²) in [5.74, 6) is -1.86. The van der Waals surface area contributed by atoms with Gasteiger partial charge in [0.15, 0.2) is 0 Å². The van der Waals surface area contributed by atoms with Gasteiger partial charge < -0.3 is 10.2 Å². The molecule has 0 radical (unpaired) electrons. The lowest BCUT2D eigenvalue weighted by atomic mass is 10.1. The number of carbonyl (C=O) groups excluding carboxylic acids is 2. The van der Waals surface area contributed by atoms with Gasteiger partial charge in [-0.2, -0.15) is 0 Å². The lowest BCUT2D eigenvalue weighted by Gasteiger charge is -2.33. The molecule has 12 heteroatoms. The lowest BCUT2D eigenvalue weighted by molar-refractivity contribution is -0.140. The Bertz CT molecular complexity index is 1130. The normalized spacial score (nSPS) is 12.2. The van der Waals surface area contributed by atoms with Gasteiger partial charge in [-0.25, -0.2) is 12.8 Å². The Morgan fingerprint density at radius 2 is 1.70 bits per heavy atom. The van der Waals surface area contributed by atoms with Gasteiger partial charge in [0.2, 0.25) is 21.8 Å². The summed E-state index contributed by atoms with van der Waals surface area (Å²) >= 11 is 18.3. The van der Waals surface area contributed by atoms with E-state index in [1.807, 2.05) is 0 Å². The van der Waals surface area contributed by atoms with Crippen molar-refractivity contribution in [1.82, 2.24) is 10.2 Å². The van der Waals surface area contributed by atoms with E-state index in [0.717, 1.165) is 22.7 Å². The Labute approximate surface area is 207 Å². The van der Waals surface area contributed by atoms with E-state index in [-0.39, 0.29) is 33.7 Å². The number of carbonyl (C=O) groups is 2. The molecule has 33 heavy (non-hydrogen) atoms. The fourth-order valence-corrected chi connectivity index (χ4v) is 4.73. The second-order valence-corrected chi connectivity index (χ2v) is 10.3. The van der Waals surface area contributed by atoms with Crippen LogP contribution in [0.25, 0.3) is 0 Å². The number of anilines is 1. The van der Waals surface area contributed by atoms with Gasteiger partial charge in [-0.1, -0.05) is 47.8 Å². The Morgan fingerprint density at radius 3 is 2.18 bits per heavy atom. The monoisotopic (exact) mass is 537 g/mol. The van der Waals surface area contributed by atoms with E-state index in [1.165, 1.54) is 18.0 Å². The summed E-state index contributed by atoms with van der Waals surface area (Å²) in [5.41, 5.74) is 0.410. The van der Waals surface area contributed by atoms with Crippen LogP contribution in [0, 0.1) is 5.82 Å². The minimum Gasteiger partial charge on any atom is -0.357 e. The molecule has 0 aromatic heterocycles. The number of nitrogens with zero attached hydrogens (tertiary/aromatic N) is 2. The molecule has 0 saturated heterocycles. The third-order valence-electron chi connectivity index (χ3n) is 4.89. The zero-order valence-electron chi connectivity index (χ0n) is 18.1. The zero-order chi connectivity index (χ0) is 24.9. The molecule has 0 aliphatic heterocycles. The summed E-state index contributed by atoms with van der Waals surface area (Å²) in [6.45, 7) is 0.921. The molecule has 0 spiro atoms. The van der Waals surface area contributed by atoms with Crippen LogP contribution in [0.4, 0.5) is 10.1 Å². The van der Waals surface area contributed by atoms with E-state index < -0.39 is 40.2 Å². The quantitative estimate of drug-likeness (QED) is 0.521. The van der Waals surface area contributed by atoms with Crippen molar-refractivity contribution in [2.24, 2.45) is 0 Å². The summed E-state index contributed by atoms with van der Waals surface area (Å²) in [4.78, 5) is 27.2. The third kappa shape index (κ3) is 6.72. The van der Waals surface area contributed by atoms with Crippen molar-refractivity contribution < 1.29 is 22.4 Å². The van der Waals surface area contributed by atoms with Crippen LogP contribution in [-0.4, -0.2) is 51.0 Å². The number of rotatable bonds is 9. The van der Waals surface area contributed by atoms with Crippen molar-refractivity contribution in [3.8, 4) is 0 Å². The first kappa shape index (κ1) is 27.2. The number of likely N-dealkylation sites (N-methyl/N-ethyl adjacent to an activating group) is 1.